The van der Waals surface area contributed by atoms with E-state index in [1.807, 2.05) is 0 Å². The van der Waals surface area contributed by atoms with Gasteiger partial charge in [-0.1, -0.05) is 0 Å². The Hall–Kier alpha value is -1.12. The molecule has 0 aliphatic rings. The van der Waals surface area contributed by atoms with E-state index in [1.54, 1.807) is 20.8 Å². The predicted octanol–water partition coefficient (Wildman–Crippen LogP) is 1.99. The van der Waals surface area contributed by atoms with E-state index in [0.29, 0.717) is 10.2 Å². The average Bonchev–Trinajstić information content (AvgIpc) is 2.38. The fraction of sp³-hybridized carbons (Fsp3) is 0.462. The second kappa shape index (κ2) is 7.24. The Kier molecular flexibility index (Phi) is 6.18. The molecule has 6 nitrogen and oxygen atoms in total. The number of hydrogen-bond acceptors (Lipinski definition) is 5. The number of rotatable bonds is 6. The summed E-state index contributed by atoms with van der Waals surface area (Å²) < 4.78 is 31.7. The number of carbonyl (C=O) groups excluding carboxylic acids is 1. The van der Waals surface area contributed by atoms with Crippen LogP contribution in [0.25, 0.3) is 0 Å². The number of sulfonamides is 1. The molecule has 0 aromatic heterocycles. The van der Waals surface area contributed by atoms with Gasteiger partial charge in [-0.25, -0.2) is 8.42 Å². The van der Waals surface area contributed by atoms with Crippen LogP contribution in [-0.4, -0.2) is 37.9 Å². The Morgan fingerprint density at radius 2 is 2.05 bits per heavy atom. The summed E-state index contributed by atoms with van der Waals surface area (Å²) in [4.78, 5) is 11.7. The van der Waals surface area contributed by atoms with E-state index in [0.717, 1.165) is 4.31 Å². The first-order valence-corrected chi connectivity index (χ1v) is 8.66. The Labute approximate surface area is 133 Å². The molecule has 0 aliphatic carbocycles. The van der Waals surface area contributed by atoms with Gasteiger partial charge in [-0.15, -0.1) is 0 Å². The Bertz CT molecular complexity index is 617. The van der Waals surface area contributed by atoms with E-state index in [1.165, 1.54) is 18.2 Å². The van der Waals surface area contributed by atoms with Crippen LogP contribution in [-0.2, 0) is 19.6 Å². The van der Waals surface area contributed by atoms with Gasteiger partial charge in [-0.3, -0.25) is 4.79 Å². The van der Waals surface area contributed by atoms with Crippen LogP contribution in [0.4, 0.5) is 5.69 Å². The third kappa shape index (κ3) is 4.42. The second-order valence-corrected chi connectivity index (χ2v) is 7.38. The summed E-state index contributed by atoms with van der Waals surface area (Å²) in [5.41, 5.74) is 6.10. The maximum Gasteiger partial charge on any atom is 0.321 e. The molecule has 0 saturated carbocycles. The van der Waals surface area contributed by atoms with Crippen molar-refractivity contribution in [2.24, 2.45) is 0 Å². The second-order valence-electron chi connectivity index (χ2n) is 4.63. The number of nitrogens with zero attached hydrogens (tertiary/aromatic N) is 1. The number of benzene rings is 1. The Balaban J connectivity index is 3.15. The molecule has 0 saturated heterocycles. The van der Waals surface area contributed by atoms with Gasteiger partial charge in [0.15, 0.2) is 0 Å². The Morgan fingerprint density at radius 3 is 2.52 bits per heavy atom. The van der Waals surface area contributed by atoms with Gasteiger partial charge < -0.3 is 10.5 Å². The van der Waals surface area contributed by atoms with Crippen molar-refractivity contribution in [1.29, 1.82) is 0 Å². The van der Waals surface area contributed by atoms with Crippen LogP contribution in [0.15, 0.2) is 27.6 Å². The molecule has 0 radical (unpaired) electrons. The van der Waals surface area contributed by atoms with Gasteiger partial charge in [0.25, 0.3) is 0 Å². The lowest BCUT2D eigenvalue weighted by molar-refractivity contribution is -0.143. The van der Waals surface area contributed by atoms with Crippen LogP contribution in [0.3, 0.4) is 0 Å². The van der Waals surface area contributed by atoms with Crippen molar-refractivity contribution in [3.05, 3.63) is 22.7 Å². The highest BCUT2D eigenvalue weighted by molar-refractivity contribution is 9.10. The van der Waals surface area contributed by atoms with Gasteiger partial charge in [0.05, 0.1) is 11.5 Å². The van der Waals surface area contributed by atoms with Gasteiger partial charge in [-0.05, 0) is 54.9 Å². The fourth-order valence-corrected chi connectivity index (χ4v) is 3.82. The van der Waals surface area contributed by atoms with Crippen LogP contribution < -0.4 is 5.73 Å². The van der Waals surface area contributed by atoms with Crippen molar-refractivity contribution in [1.82, 2.24) is 4.31 Å². The van der Waals surface area contributed by atoms with Crippen molar-refractivity contribution >= 4 is 37.6 Å². The molecule has 0 fully saturated rings. The molecular formula is C13H19BrN2O4S. The summed E-state index contributed by atoms with van der Waals surface area (Å²) in [7, 11) is -3.81. The summed E-state index contributed by atoms with van der Waals surface area (Å²) in [5.74, 6) is -0.579. The van der Waals surface area contributed by atoms with Crippen molar-refractivity contribution < 1.29 is 17.9 Å². The number of hydrogen-bond donors (Lipinski definition) is 1. The summed E-state index contributed by atoms with van der Waals surface area (Å²) in [5, 5.41) is 0. The van der Waals surface area contributed by atoms with Crippen molar-refractivity contribution in [3.63, 3.8) is 0 Å². The quantitative estimate of drug-likeness (QED) is 0.603. The molecule has 0 spiro atoms. The summed E-state index contributed by atoms with van der Waals surface area (Å²) in [6, 6.07) is 3.96. The largest absolute Gasteiger partial charge is 0.465 e. The average molecular weight is 379 g/mol. The van der Waals surface area contributed by atoms with Crippen molar-refractivity contribution in [2.45, 2.75) is 31.7 Å². The van der Waals surface area contributed by atoms with E-state index in [-0.39, 0.29) is 24.1 Å². The van der Waals surface area contributed by atoms with Gasteiger partial charge in [0, 0.05) is 16.2 Å². The van der Waals surface area contributed by atoms with Gasteiger partial charge >= 0.3 is 5.97 Å². The van der Waals surface area contributed by atoms with Crippen LogP contribution in [0.2, 0.25) is 0 Å². The lowest BCUT2D eigenvalue weighted by atomic mass is 10.3. The first-order valence-electron chi connectivity index (χ1n) is 6.42. The van der Waals surface area contributed by atoms with Crippen LogP contribution >= 0.6 is 15.9 Å². The van der Waals surface area contributed by atoms with Crippen molar-refractivity contribution in [2.75, 3.05) is 18.9 Å². The normalized spacial score (nSPS) is 11.9. The molecule has 0 atom stereocenters. The predicted molar refractivity (Wildman–Crippen MR) is 84.2 cm³/mol. The number of halogens is 1. The van der Waals surface area contributed by atoms with E-state index in [2.05, 4.69) is 15.9 Å². The number of nitrogens with two attached hydrogens (primary N) is 1. The zero-order valence-electron chi connectivity index (χ0n) is 12.2. The zero-order chi connectivity index (χ0) is 16.2. The molecule has 1 aromatic rings. The van der Waals surface area contributed by atoms with Crippen LogP contribution in [0, 0.1) is 0 Å². The Morgan fingerprint density at radius 1 is 1.43 bits per heavy atom. The van der Waals surface area contributed by atoms with E-state index in [9.17, 15) is 13.2 Å². The highest BCUT2D eigenvalue weighted by Gasteiger charge is 2.29. The maximum absolute atomic E-state index is 12.6. The zero-order valence-corrected chi connectivity index (χ0v) is 14.6. The first-order chi connectivity index (χ1) is 9.70. The molecule has 21 heavy (non-hydrogen) atoms. The highest BCUT2D eigenvalue weighted by Crippen LogP contribution is 2.26. The topological polar surface area (TPSA) is 89.7 Å². The number of anilines is 1. The fourth-order valence-electron chi connectivity index (χ4n) is 1.68. The van der Waals surface area contributed by atoms with Gasteiger partial charge in [0.2, 0.25) is 10.0 Å². The minimum Gasteiger partial charge on any atom is -0.465 e. The molecule has 8 heteroatoms. The minimum atomic E-state index is -3.81. The number of nitrogen functional groups attached to an aromatic ring is 1. The molecule has 1 aromatic carbocycles. The smallest absolute Gasteiger partial charge is 0.321 e. The molecule has 1 rings (SSSR count). The molecule has 0 bridgehead atoms. The SMILES string of the molecule is CCOC(=O)CN(C(C)C)S(=O)(=O)c1ccc(N)c(Br)c1. The monoisotopic (exact) mass is 378 g/mol. The summed E-state index contributed by atoms with van der Waals surface area (Å²) in [6.07, 6.45) is 0. The van der Waals surface area contributed by atoms with E-state index in [4.69, 9.17) is 10.5 Å². The third-order valence-corrected chi connectivity index (χ3v) is 5.45. The van der Waals surface area contributed by atoms with Crippen LogP contribution in [0.5, 0.6) is 0 Å². The summed E-state index contributed by atoms with van der Waals surface area (Å²) in [6.45, 7) is 4.95. The van der Waals surface area contributed by atoms with Crippen molar-refractivity contribution in [3.8, 4) is 0 Å². The van der Waals surface area contributed by atoms with Gasteiger partial charge in [0.1, 0.15) is 6.54 Å². The number of ether oxygens (including phenoxy) is 1. The lowest BCUT2D eigenvalue weighted by Crippen LogP contribution is -2.41. The van der Waals surface area contributed by atoms with E-state index >= 15 is 0 Å². The molecule has 2 N–H and O–H groups in total. The van der Waals surface area contributed by atoms with Crippen LogP contribution in [0.1, 0.15) is 20.8 Å². The minimum absolute atomic E-state index is 0.0709. The molecule has 118 valence electrons. The van der Waals surface area contributed by atoms with Gasteiger partial charge in [-0.2, -0.15) is 4.31 Å². The highest BCUT2D eigenvalue weighted by atomic mass is 79.9. The standard InChI is InChI=1S/C13H19BrN2O4S/c1-4-20-13(17)8-16(9(2)3)21(18,19)10-5-6-12(15)11(14)7-10/h5-7,9H,4,8,15H2,1-3H3. The maximum atomic E-state index is 12.6. The lowest BCUT2D eigenvalue weighted by Gasteiger charge is -2.25. The molecular weight excluding hydrogens is 360 g/mol. The first kappa shape index (κ1) is 17.9. The molecule has 0 unspecified atom stereocenters. The summed E-state index contributed by atoms with van der Waals surface area (Å²) >= 11 is 3.20. The number of carbonyl (C=O) groups is 1. The molecule has 0 aliphatic heterocycles. The third-order valence-electron chi connectivity index (χ3n) is 2.74. The molecule has 0 heterocycles. The van der Waals surface area contributed by atoms with E-state index < -0.39 is 16.0 Å². The number of esters is 1. The molecule has 0 amide bonds.